The molecule has 0 bridgehead atoms. The van der Waals surface area contributed by atoms with Crippen LogP contribution in [0.5, 0.6) is 0 Å². The average molecular weight is 348 g/mol. The maximum atomic E-state index is 2.86. The molecule has 0 aromatic carbocycles. The van der Waals surface area contributed by atoms with Gasteiger partial charge >= 0.3 is 0 Å². The second-order valence-corrected chi connectivity index (χ2v) is 10.2. The molecule has 2 heterocycles. The average Bonchev–Trinajstić information content (AvgIpc) is 3.07. The van der Waals surface area contributed by atoms with E-state index in [0.717, 1.165) is 29.2 Å². The summed E-state index contributed by atoms with van der Waals surface area (Å²) < 4.78 is 0. The van der Waals surface area contributed by atoms with Gasteiger partial charge in [-0.1, -0.05) is 13.3 Å². The van der Waals surface area contributed by atoms with Gasteiger partial charge in [-0.05, 0) is 69.1 Å². The van der Waals surface area contributed by atoms with Gasteiger partial charge in [0.2, 0.25) is 0 Å². The van der Waals surface area contributed by atoms with Crippen molar-refractivity contribution in [3.05, 3.63) is 0 Å². The van der Waals surface area contributed by atoms with E-state index in [1.165, 1.54) is 90.9 Å². The van der Waals surface area contributed by atoms with E-state index < -0.39 is 0 Å². The number of nitrogens with zero attached hydrogens (tertiary/aromatic N) is 3. The Hall–Kier alpha value is -0.120. The molecule has 0 radical (unpaired) electrons. The SMILES string of the molecule is CCCC1(CN2C[C@H]3C[C@H](CN4CCN(C(C)C)CC4)C[C@H]3C2)CC1. The van der Waals surface area contributed by atoms with E-state index in [1.807, 2.05) is 0 Å². The Morgan fingerprint density at radius 1 is 0.920 bits per heavy atom. The molecule has 25 heavy (non-hydrogen) atoms. The molecule has 0 aromatic heterocycles. The molecule has 0 aromatic rings. The maximum absolute atomic E-state index is 2.86. The van der Waals surface area contributed by atoms with Gasteiger partial charge in [0, 0.05) is 58.4 Å². The minimum absolute atomic E-state index is 0.724. The van der Waals surface area contributed by atoms with Crippen LogP contribution < -0.4 is 0 Å². The molecule has 2 aliphatic carbocycles. The maximum Gasteiger partial charge on any atom is 0.0113 e. The number of fused-ring (bicyclic) bond motifs is 1. The third kappa shape index (κ3) is 4.25. The first-order valence-corrected chi connectivity index (χ1v) is 11.3. The summed E-state index contributed by atoms with van der Waals surface area (Å²) in [6, 6.07) is 0.724. The molecule has 4 fully saturated rings. The molecule has 2 aliphatic heterocycles. The first kappa shape index (κ1) is 18.3. The predicted octanol–water partition coefficient (Wildman–Crippen LogP) is 3.55. The molecule has 0 unspecified atom stereocenters. The van der Waals surface area contributed by atoms with Crippen LogP contribution in [0.15, 0.2) is 0 Å². The van der Waals surface area contributed by atoms with Crippen LogP contribution in [0.3, 0.4) is 0 Å². The summed E-state index contributed by atoms with van der Waals surface area (Å²) in [7, 11) is 0. The van der Waals surface area contributed by atoms with Crippen molar-refractivity contribution in [2.24, 2.45) is 23.2 Å². The fourth-order valence-corrected chi connectivity index (χ4v) is 6.30. The molecule has 3 nitrogen and oxygen atoms in total. The lowest BCUT2D eigenvalue weighted by Crippen LogP contribution is -2.49. The Bertz CT molecular complexity index is 423. The molecule has 3 atom stereocenters. The lowest BCUT2D eigenvalue weighted by Gasteiger charge is -2.38. The second kappa shape index (κ2) is 7.48. The van der Waals surface area contributed by atoms with E-state index in [0.29, 0.717) is 0 Å². The van der Waals surface area contributed by atoms with Crippen molar-refractivity contribution >= 4 is 0 Å². The van der Waals surface area contributed by atoms with Gasteiger partial charge in [-0.2, -0.15) is 0 Å². The van der Waals surface area contributed by atoms with Gasteiger partial charge in [0.05, 0.1) is 0 Å². The third-order valence-corrected chi connectivity index (χ3v) is 7.87. The molecule has 0 amide bonds. The molecule has 0 N–H and O–H groups in total. The van der Waals surface area contributed by atoms with E-state index in [-0.39, 0.29) is 0 Å². The van der Waals surface area contributed by atoms with Crippen molar-refractivity contribution in [3.8, 4) is 0 Å². The topological polar surface area (TPSA) is 9.72 Å². The van der Waals surface area contributed by atoms with Crippen LogP contribution in [0, 0.1) is 23.2 Å². The van der Waals surface area contributed by atoms with Crippen molar-refractivity contribution in [2.75, 3.05) is 52.4 Å². The molecular formula is C22H41N3. The lowest BCUT2D eigenvalue weighted by atomic mass is 9.99. The number of piperazine rings is 1. The zero-order valence-corrected chi connectivity index (χ0v) is 17.1. The summed E-state index contributed by atoms with van der Waals surface area (Å²) in [5.74, 6) is 3.05. The fraction of sp³-hybridized carbons (Fsp3) is 1.00. The minimum Gasteiger partial charge on any atom is -0.302 e. The summed E-state index contributed by atoms with van der Waals surface area (Å²) in [5.41, 5.74) is 0.753. The van der Waals surface area contributed by atoms with Crippen LogP contribution >= 0.6 is 0 Å². The van der Waals surface area contributed by atoms with Crippen LogP contribution in [-0.4, -0.2) is 73.1 Å². The summed E-state index contributed by atoms with van der Waals surface area (Å²) >= 11 is 0. The quantitative estimate of drug-likeness (QED) is 0.697. The summed E-state index contributed by atoms with van der Waals surface area (Å²) in [5, 5.41) is 0. The van der Waals surface area contributed by atoms with E-state index in [1.54, 1.807) is 0 Å². The van der Waals surface area contributed by atoms with Crippen molar-refractivity contribution in [1.82, 2.24) is 14.7 Å². The van der Waals surface area contributed by atoms with Crippen LogP contribution in [0.4, 0.5) is 0 Å². The van der Waals surface area contributed by atoms with E-state index in [2.05, 4.69) is 35.5 Å². The molecule has 2 saturated carbocycles. The number of hydrogen-bond donors (Lipinski definition) is 0. The Morgan fingerprint density at radius 2 is 1.56 bits per heavy atom. The van der Waals surface area contributed by atoms with Crippen LogP contribution in [0.2, 0.25) is 0 Å². The zero-order valence-electron chi connectivity index (χ0n) is 17.1. The minimum atomic E-state index is 0.724. The number of hydrogen-bond acceptors (Lipinski definition) is 3. The largest absolute Gasteiger partial charge is 0.302 e. The van der Waals surface area contributed by atoms with Gasteiger partial charge < -0.3 is 9.80 Å². The van der Waals surface area contributed by atoms with E-state index in [4.69, 9.17) is 0 Å². The summed E-state index contributed by atoms with van der Waals surface area (Å²) in [4.78, 5) is 8.26. The summed E-state index contributed by atoms with van der Waals surface area (Å²) in [6.07, 6.45) is 8.92. The highest BCUT2D eigenvalue weighted by Crippen LogP contribution is 2.52. The molecule has 144 valence electrons. The van der Waals surface area contributed by atoms with Gasteiger partial charge in [-0.15, -0.1) is 0 Å². The highest BCUT2D eigenvalue weighted by Gasteiger charge is 2.47. The van der Waals surface area contributed by atoms with Crippen LogP contribution in [0.25, 0.3) is 0 Å². The van der Waals surface area contributed by atoms with E-state index in [9.17, 15) is 0 Å². The smallest absolute Gasteiger partial charge is 0.0113 e. The van der Waals surface area contributed by atoms with Gasteiger partial charge in [0.15, 0.2) is 0 Å². The van der Waals surface area contributed by atoms with Crippen molar-refractivity contribution in [2.45, 2.75) is 65.3 Å². The monoisotopic (exact) mass is 347 g/mol. The van der Waals surface area contributed by atoms with Gasteiger partial charge in [0.1, 0.15) is 0 Å². The first-order valence-electron chi connectivity index (χ1n) is 11.3. The summed E-state index contributed by atoms with van der Waals surface area (Å²) in [6.45, 7) is 17.9. The Kier molecular flexibility index (Phi) is 5.46. The third-order valence-electron chi connectivity index (χ3n) is 7.87. The molecule has 4 aliphatic rings. The normalized spacial score (nSPS) is 36.2. The molecular weight excluding hydrogens is 306 g/mol. The molecule has 2 saturated heterocycles. The zero-order chi connectivity index (χ0) is 17.4. The Labute approximate surface area is 156 Å². The first-order chi connectivity index (χ1) is 12.1. The number of rotatable bonds is 7. The molecule has 3 heteroatoms. The molecule has 0 spiro atoms. The Balaban J connectivity index is 1.18. The predicted molar refractivity (Wildman–Crippen MR) is 106 cm³/mol. The van der Waals surface area contributed by atoms with E-state index >= 15 is 0 Å². The number of likely N-dealkylation sites (tertiary alicyclic amines) is 1. The molecule has 4 rings (SSSR count). The van der Waals surface area contributed by atoms with Gasteiger partial charge in [-0.3, -0.25) is 4.90 Å². The lowest BCUT2D eigenvalue weighted by molar-refractivity contribution is 0.0953. The highest BCUT2D eigenvalue weighted by atomic mass is 15.3. The van der Waals surface area contributed by atoms with Gasteiger partial charge in [0.25, 0.3) is 0 Å². The fourth-order valence-electron chi connectivity index (χ4n) is 6.30. The van der Waals surface area contributed by atoms with Crippen LogP contribution in [0.1, 0.15) is 59.3 Å². The van der Waals surface area contributed by atoms with Crippen molar-refractivity contribution in [1.29, 1.82) is 0 Å². The highest BCUT2D eigenvalue weighted by molar-refractivity contribution is 4.99. The van der Waals surface area contributed by atoms with Crippen molar-refractivity contribution < 1.29 is 0 Å². The van der Waals surface area contributed by atoms with Crippen LogP contribution in [-0.2, 0) is 0 Å². The second-order valence-electron chi connectivity index (χ2n) is 10.2. The Morgan fingerprint density at radius 3 is 2.08 bits per heavy atom. The van der Waals surface area contributed by atoms with Crippen molar-refractivity contribution in [3.63, 3.8) is 0 Å². The standard InChI is InChI=1S/C22H41N3/c1-4-5-22(6-7-22)17-24-15-20-12-19(13-21(20)16-24)14-23-8-10-25(11-9-23)18(2)3/h18-21H,4-17H2,1-3H3/t19-,20+,21-. The van der Waals surface area contributed by atoms with Gasteiger partial charge in [-0.25, -0.2) is 0 Å².